The molecule has 0 bridgehead atoms. The topological polar surface area (TPSA) is 0 Å². The Balaban J connectivity index is 5.16. The highest BCUT2D eigenvalue weighted by molar-refractivity contribution is 9.10. The molecule has 0 aliphatic carbocycles. The van der Waals surface area contributed by atoms with Gasteiger partial charge in [-0.1, -0.05) is 71.9 Å². The molecule has 16 heavy (non-hydrogen) atoms. The van der Waals surface area contributed by atoms with Crippen molar-refractivity contribution in [2.24, 2.45) is 0 Å². The minimum absolute atomic E-state index is 0.290. The zero-order valence-electron chi connectivity index (χ0n) is 12.2. The van der Waals surface area contributed by atoms with Crippen molar-refractivity contribution in [1.82, 2.24) is 0 Å². The molecular weight excluding hydrogens is 303 g/mol. The zero-order valence-corrected chi connectivity index (χ0v) is 17.5. The predicted molar refractivity (Wildman–Crippen MR) is 95.9 cm³/mol. The Labute approximate surface area is 117 Å². The summed E-state index contributed by atoms with van der Waals surface area (Å²) in [4.78, 5) is 0. The quantitative estimate of drug-likeness (QED) is 0.443. The molecule has 0 rings (SSSR count). The lowest BCUT2D eigenvalue weighted by atomic mass is 10.3. The van der Waals surface area contributed by atoms with Crippen LogP contribution < -0.4 is 0 Å². The van der Waals surface area contributed by atoms with E-state index in [2.05, 4.69) is 81.7 Å². The van der Waals surface area contributed by atoms with Crippen molar-refractivity contribution in [3.63, 3.8) is 0 Å². The number of rotatable bonds is 4. The van der Waals surface area contributed by atoms with Gasteiger partial charge in [-0.25, -0.2) is 0 Å². The Morgan fingerprint density at radius 3 is 1.19 bits per heavy atom. The Hall–Kier alpha value is 1.78. The largest absolute Gasteiger partial charge is 0.140 e. The average Bonchev–Trinajstić information content (AvgIpc) is 1.72. The van der Waals surface area contributed by atoms with Gasteiger partial charge in [-0.2, -0.15) is 0 Å². The first-order valence-corrected chi connectivity index (χ1v) is 19.8. The van der Waals surface area contributed by atoms with Crippen molar-refractivity contribution in [3.8, 4) is 0 Å². The van der Waals surface area contributed by atoms with Gasteiger partial charge in [0.05, 0.1) is 4.44 Å². The van der Waals surface area contributed by atoms with E-state index >= 15 is 0 Å². The number of hydrogen-bond donors (Lipinski definition) is 0. The first-order chi connectivity index (χ1) is 6.66. The molecule has 0 aliphatic rings. The molecule has 0 amide bonds. The van der Waals surface area contributed by atoms with Gasteiger partial charge in [-0.15, -0.1) is 21.7 Å². The molecule has 0 N–H and O–H groups in total. The second-order valence-corrected chi connectivity index (χ2v) is 37.0. The fourth-order valence-corrected chi connectivity index (χ4v) is 55.5. The molecule has 0 heterocycles. The van der Waals surface area contributed by atoms with Crippen molar-refractivity contribution in [1.29, 1.82) is 0 Å². The lowest BCUT2D eigenvalue weighted by Gasteiger charge is -2.41. The maximum Gasteiger partial charge on any atom is 0.115 e. The normalized spacial score (nSPS) is 15.3. The second kappa shape index (κ2) is 5.42. The first-order valence-electron chi connectivity index (χ1n) is 5.68. The highest BCUT2D eigenvalue weighted by atomic mass is 33.3. The first kappa shape index (κ1) is 17.8. The van der Waals surface area contributed by atoms with Crippen LogP contribution in [0.4, 0.5) is 0 Å². The van der Waals surface area contributed by atoms with Crippen molar-refractivity contribution < 1.29 is 0 Å². The molecule has 0 aromatic rings. The molecule has 0 aromatic carbocycles. The molecule has 0 atom stereocenters. The summed E-state index contributed by atoms with van der Waals surface area (Å²) in [6.07, 6.45) is 0. The summed E-state index contributed by atoms with van der Waals surface area (Å²) in [6.45, 7) is 21.6. The van der Waals surface area contributed by atoms with Crippen LogP contribution in [0, 0.1) is 0 Å². The van der Waals surface area contributed by atoms with E-state index < -0.39 is 18.9 Å². The zero-order chi connectivity index (χ0) is 13.4. The van der Waals surface area contributed by atoms with Crippen LogP contribution in [0.5, 0.6) is 0 Å². The fraction of sp³-hybridized carbons (Fsp3) is 1.00. The van der Waals surface area contributed by atoms with Gasteiger partial charge < -0.3 is 0 Å². The maximum absolute atomic E-state index is 6.14. The monoisotopic (exact) mass is 330 g/mol. The molecule has 0 unspecified atom stereocenters. The van der Waals surface area contributed by atoms with Crippen molar-refractivity contribution >= 4 is 52.4 Å². The minimum Gasteiger partial charge on any atom is -0.140 e. The van der Waals surface area contributed by atoms with Gasteiger partial charge in [0.25, 0.3) is 0 Å². The molecule has 98 valence electrons. The molecule has 0 saturated carbocycles. The van der Waals surface area contributed by atoms with Crippen LogP contribution in [0.25, 0.3) is 0 Å². The van der Waals surface area contributed by atoms with E-state index in [0.29, 0.717) is 0 Å². The smallest absolute Gasteiger partial charge is 0.115 e. The van der Waals surface area contributed by atoms with E-state index in [1.54, 1.807) is 0 Å². The minimum atomic E-state index is -1.36. The third-order valence-electron chi connectivity index (χ3n) is 1.61. The maximum atomic E-state index is 6.14. The summed E-state index contributed by atoms with van der Waals surface area (Å²) < 4.78 is -1.36. The molecule has 0 radical (unpaired) electrons. The van der Waals surface area contributed by atoms with E-state index in [9.17, 15) is 0 Å². The third kappa shape index (κ3) is 6.65. The van der Waals surface area contributed by atoms with Gasteiger partial charge in [0.1, 0.15) is 14.4 Å². The molecule has 0 fully saturated rings. The van der Waals surface area contributed by atoms with Crippen LogP contribution in [-0.4, -0.2) is 19.6 Å². The second-order valence-electron chi connectivity index (χ2n) is 7.08. The van der Waals surface area contributed by atoms with E-state index in [4.69, 9.17) is 11.8 Å². The summed E-state index contributed by atoms with van der Waals surface area (Å²) in [5.74, 6) is 0. The summed E-state index contributed by atoms with van der Waals surface area (Å²) >= 11 is 6.14. The van der Waals surface area contributed by atoms with E-state index in [1.165, 1.54) is 0 Å². The van der Waals surface area contributed by atoms with Gasteiger partial charge in [-0.3, -0.25) is 0 Å². The highest BCUT2D eigenvalue weighted by Crippen LogP contribution is 2.80. The Bertz CT molecular complexity index is 264. The van der Waals surface area contributed by atoms with Crippen LogP contribution in [0.15, 0.2) is 0 Å². The van der Waals surface area contributed by atoms with E-state index in [1.807, 2.05) is 0 Å². The summed E-state index contributed by atoms with van der Waals surface area (Å²) in [7, 11) is 2.12. The van der Waals surface area contributed by atoms with Gasteiger partial charge >= 0.3 is 0 Å². The standard InChI is InChI=1S/C10H27PS3Si2/c1-10(2,3)11(12,13-15(4,5)6)14-16(7,8)9/h1-9H3. The van der Waals surface area contributed by atoms with Gasteiger partial charge in [0.2, 0.25) is 0 Å². The molecule has 6 heteroatoms. The van der Waals surface area contributed by atoms with Gasteiger partial charge in [0, 0.05) is 5.16 Å². The summed E-state index contributed by atoms with van der Waals surface area (Å²) in [5, 5.41) is 0.290. The molecule has 0 aromatic heterocycles. The lowest BCUT2D eigenvalue weighted by Crippen LogP contribution is -2.23. The Kier molecular flexibility index (Phi) is 6.02. The average molecular weight is 331 g/mol. The van der Waals surface area contributed by atoms with Crippen LogP contribution in [0.1, 0.15) is 20.8 Å². The van der Waals surface area contributed by atoms with Crippen molar-refractivity contribution in [3.05, 3.63) is 0 Å². The molecule has 0 nitrogen and oxygen atoms in total. The summed E-state index contributed by atoms with van der Waals surface area (Å²) in [6, 6.07) is 0. The van der Waals surface area contributed by atoms with E-state index in [0.717, 1.165) is 0 Å². The highest BCUT2D eigenvalue weighted by Gasteiger charge is 2.40. The van der Waals surface area contributed by atoms with Crippen LogP contribution in [-0.2, 0) is 11.8 Å². The van der Waals surface area contributed by atoms with Crippen LogP contribution in [0.2, 0.25) is 39.3 Å². The van der Waals surface area contributed by atoms with Gasteiger partial charge in [0.15, 0.2) is 0 Å². The Morgan fingerprint density at radius 2 is 1.06 bits per heavy atom. The van der Waals surface area contributed by atoms with Crippen molar-refractivity contribution in [2.75, 3.05) is 0 Å². The molecule has 0 spiro atoms. The van der Waals surface area contributed by atoms with Crippen molar-refractivity contribution in [2.45, 2.75) is 65.2 Å². The fourth-order valence-electron chi connectivity index (χ4n) is 1.01. The van der Waals surface area contributed by atoms with Crippen LogP contribution >= 0.6 is 26.1 Å². The van der Waals surface area contributed by atoms with Gasteiger partial charge in [-0.05, 0) is 0 Å². The predicted octanol–water partition coefficient (Wildman–Crippen LogP) is 6.23. The lowest BCUT2D eigenvalue weighted by molar-refractivity contribution is 0.799. The molecular formula is C10H27PS3Si2. The third-order valence-corrected chi connectivity index (χ3v) is 36.7. The van der Waals surface area contributed by atoms with E-state index in [-0.39, 0.29) is 5.16 Å². The SMILES string of the molecule is CC(C)(C)P(=S)(S[Si](C)(C)C)S[Si](C)(C)C. The Morgan fingerprint density at radius 1 is 0.812 bits per heavy atom. The molecule has 0 saturated heterocycles. The number of hydrogen-bond acceptors (Lipinski definition) is 3. The summed E-state index contributed by atoms with van der Waals surface area (Å²) in [5.41, 5.74) is 0. The molecule has 0 aliphatic heterocycles. The van der Waals surface area contributed by atoms with Crippen LogP contribution in [0.3, 0.4) is 0 Å².